The molecule has 0 saturated carbocycles. The molecule has 1 aliphatic heterocycles. The van der Waals surface area contributed by atoms with Crippen molar-refractivity contribution in [2.75, 3.05) is 25.7 Å². The van der Waals surface area contributed by atoms with Crippen LogP contribution in [-0.2, 0) is 15.3 Å². The number of methoxy groups -OCH3 is 2. The zero-order chi connectivity index (χ0) is 33.8. The molecule has 1 fully saturated rings. The first-order chi connectivity index (χ1) is 23.3. The van der Waals surface area contributed by atoms with Gasteiger partial charge in [0.15, 0.2) is 27.4 Å². The van der Waals surface area contributed by atoms with Crippen molar-refractivity contribution in [2.45, 2.75) is 35.9 Å². The van der Waals surface area contributed by atoms with Gasteiger partial charge >= 0.3 is 5.91 Å². The molecule has 0 aliphatic carbocycles. The van der Waals surface area contributed by atoms with E-state index >= 15 is 0 Å². The first-order valence-electron chi connectivity index (χ1n) is 15.2. The number of aliphatic hydroxyl groups is 1. The molecule has 0 spiro atoms. The zero-order valence-corrected chi connectivity index (χ0v) is 28.1. The van der Waals surface area contributed by atoms with Crippen molar-refractivity contribution >= 4 is 56.5 Å². The summed E-state index contributed by atoms with van der Waals surface area (Å²) in [4.78, 5) is 28.7. The number of thioether (sulfide) groups is 1. The fourth-order valence-corrected chi connectivity index (χ4v) is 7.40. The molecule has 5 aromatic rings. The molecular weight excluding hydrogens is 654 g/mol. The summed E-state index contributed by atoms with van der Waals surface area (Å²) in [5.74, 6) is -1.68. The third kappa shape index (κ3) is 6.45. The highest BCUT2D eigenvalue weighted by molar-refractivity contribution is 8.00. The molecular formula is C36H32FN3O6S2. The summed E-state index contributed by atoms with van der Waals surface area (Å²) in [5, 5.41) is 22.6. The Bertz CT molecular complexity index is 2030. The number of halogens is 1. The van der Waals surface area contributed by atoms with Gasteiger partial charge in [-0.3, -0.25) is 14.5 Å². The molecule has 246 valence electrons. The number of hydrogen-bond donors (Lipinski definition) is 1. The Morgan fingerprint density at radius 2 is 1.73 bits per heavy atom. The predicted octanol–water partition coefficient (Wildman–Crippen LogP) is 7.95. The first-order valence-corrected chi connectivity index (χ1v) is 17.0. The molecule has 1 atom stereocenters. The Labute approximate surface area is 285 Å². The number of ether oxygens (including phenoxy) is 3. The summed E-state index contributed by atoms with van der Waals surface area (Å²) in [6.45, 7) is 2.54. The van der Waals surface area contributed by atoms with Gasteiger partial charge in [-0.1, -0.05) is 85.0 Å². The lowest BCUT2D eigenvalue weighted by atomic mass is 9.95. The number of unbranched alkanes of at least 4 members (excludes halogenated alkanes) is 1. The molecule has 1 aliphatic rings. The fourth-order valence-electron chi connectivity index (χ4n) is 5.53. The number of carbonyl (C=O) groups is 2. The van der Waals surface area contributed by atoms with E-state index in [1.807, 2.05) is 18.2 Å². The van der Waals surface area contributed by atoms with E-state index in [9.17, 15) is 19.1 Å². The van der Waals surface area contributed by atoms with Crippen LogP contribution in [0.2, 0.25) is 0 Å². The third-order valence-corrected chi connectivity index (χ3v) is 10.1. The molecule has 2 heterocycles. The van der Waals surface area contributed by atoms with Crippen molar-refractivity contribution in [3.05, 3.63) is 107 Å². The molecule has 0 radical (unpaired) electrons. The quantitative estimate of drug-likeness (QED) is 0.0349. The Morgan fingerprint density at radius 1 is 0.958 bits per heavy atom. The molecule has 48 heavy (non-hydrogen) atoms. The summed E-state index contributed by atoms with van der Waals surface area (Å²) >= 11 is 2.62. The lowest BCUT2D eigenvalue weighted by molar-refractivity contribution is -0.132. The van der Waals surface area contributed by atoms with Gasteiger partial charge in [-0.2, -0.15) is 0 Å². The molecule has 1 amide bonds. The Hall–Kier alpha value is -4.94. The van der Waals surface area contributed by atoms with E-state index in [1.165, 1.54) is 43.0 Å². The van der Waals surface area contributed by atoms with Crippen LogP contribution in [0.25, 0.3) is 16.5 Å². The summed E-state index contributed by atoms with van der Waals surface area (Å²) in [5.41, 5.74) is 1.35. The van der Waals surface area contributed by atoms with Crippen LogP contribution in [0, 0.1) is 5.82 Å². The minimum absolute atomic E-state index is 0.00591. The van der Waals surface area contributed by atoms with Gasteiger partial charge in [0.05, 0.1) is 32.4 Å². The van der Waals surface area contributed by atoms with Gasteiger partial charge < -0.3 is 19.3 Å². The van der Waals surface area contributed by atoms with Gasteiger partial charge in [0.2, 0.25) is 5.13 Å². The molecule has 6 rings (SSSR count). The fraction of sp³-hybridized carbons (Fsp3) is 0.222. The SMILES string of the molecule is CCCCOc1ccc([C@H]2C(=C(O)c3ccc(OC)c(F)c3)C(=O)C(=O)N2c2nnc(SCc3cccc4ccccc34)s2)cc1OC. The van der Waals surface area contributed by atoms with Gasteiger partial charge in [-0.15, -0.1) is 10.2 Å². The lowest BCUT2D eigenvalue weighted by Gasteiger charge is -2.23. The monoisotopic (exact) mass is 685 g/mol. The number of amides is 1. The standard InChI is InChI=1S/C36H32FN3O6S2/c1-4-5-17-46-28-16-13-22(19-29(28)45-3)31-30(32(41)23-14-15-27(44-2)26(37)18-23)33(42)34(43)40(31)35-38-39-36(48-35)47-20-24-11-8-10-21-9-6-7-12-25(21)24/h6-16,18-19,31,41H,4-5,17,20H2,1-3H3/t31-/m0/s1. The third-order valence-electron chi connectivity index (χ3n) is 7.96. The lowest BCUT2D eigenvalue weighted by Crippen LogP contribution is -2.29. The van der Waals surface area contributed by atoms with Gasteiger partial charge in [0.1, 0.15) is 5.76 Å². The highest BCUT2D eigenvalue weighted by Crippen LogP contribution is 2.46. The number of aromatic nitrogens is 2. The van der Waals surface area contributed by atoms with Gasteiger partial charge in [0.25, 0.3) is 5.78 Å². The largest absolute Gasteiger partial charge is 0.507 e. The number of anilines is 1. The van der Waals surface area contributed by atoms with Crippen molar-refractivity contribution in [2.24, 2.45) is 0 Å². The van der Waals surface area contributed by atoms with Crippen LogP contribution in [-0.4, -0.2) is 47.8 Å². The number of aliphatic hydroxyl groups excluding tert-OH is 1. The number of carbonyl (C=O) groups excluding carboxylic acids is 2. The molecule has 0 unspecified atom stereocenters. The topological polar surface area (TPSA) is 111 Å². The number of ketones is 1. The minimum Gasteiger partial charge on any atom is -0.507 e. The number of benzene rings is 4. The molecule has 0 bridgehead atoms. The van der Waals surface area contributed by atoms with Crippen LogP contribution in [0.3, 0.4) is 0 Å². The highest BCUT2D eigenvalue weighted by atomic mass is 32.2. The molecule has 1 aromatic heterocycles. The van der Waals surface area contributed by atoms with E-state index in [1.54, 1.807) is 18.2 Å². The van der Waals surface area contributed by atoms with Crippen molar-refractivity contribution in [1.29, 1.82) is 0 Å². The normalized spacial score (nSPS) is 15.7. The summed E-state index contributed by atoms with van der Waals surface area (Å²) in [6, 6.07) is 22.0. The summed E-state index contributed by atoms with van der Waals surface area (Å²) in [6.07, 6.45) is 1.80. The average molecular weight is 686 g/mol. The molecule has 9 nitrogen and oxygen atoms in total. The summed E-state index contributed by atoms with van der Waals surface area (Å²) < 4.78 is 31.8. The number of Topliss-reactive ketones (excluding diaryl/α,β-unsaturated/α-hetero) is 1. The molecule has 1 N–H and O–H groups in total. The van der Waals surface area contributed by atoms with Gasteiger partial charge in [0, 0.05) is 11.3 Å². The maximum Gasteiger partial charge on any atom is 0.301 e. The van der Waals surface area contributed by atoms with E-state index in [4.69, 9.17) is 14.2 Å². The van der Waals surface area contributed by atoms with Gasteiger partial charge in [-0.05, 0) is 58.7 Å². The Morgan fingerprint density at radius 3 is 2.50 bits per heavy atom. The number of hydrogen-bond acceptors (Lipinski definition) is 10. The average Bonchev–Trinajstić information content (AvgIpc) is 3.68. The van der Waals surface area contributed by atoms with Crippen LogP contribution in [0.4, 0.5) is 9.52 Å². The van der Waals surface area contributed by atoms with Crippen LogP contribution in [0.1, 0.15) is 42.5 Å². The Kier molecular flexibility index (Phi) is 9.93. The minimum atomic E-state index is -1.13. The first kappa shape index (κ1) is 33.0. The number of rotatable bonds is 12. The van der Waals surface area contributed by atoms with Crippen molar-refractivity contribution < 1.29 is 33.3 Å². The molecule has 1 saturated heterocycles. The van der Waals surface area contributed by atoms with Crippen LogP contribution >= 0.6 is 23.1 Å². The molecule has 4 aromatic carbocycles. The highest BCUT2D eigenvalue weighted by Gasteiger charge is 2.48. The Balaban J connectivity index is 1.40. The number of fused-ring (bicyclic) bond motifs is 1. The van der Waals surface area contributed by atoms with E-state index in [2.05, 4.69) is 41.4 Å². The van der Waals surface area contributed by atoms with E-state index in [-0.39, 0.29) is 22.0 Å². The van der Waals surface area contributed by atoms with Crippen molar-refractivity contribution in [3.63, 3.8) is 0 Å². The van der Waals surface area contributed by atoms with Crippen molar-refractivity contribution in [3.8, 4) is 17.2 Å². The van der Waals surface area contributed by atoms with Crippen LogP contribution in [0.15, 0.2) is 88.8 Å². The smallest absolute Gasteiger partial charge is 0.301 e. The van der Waals surface area contributed by atoms with Crippen molar-refractivity contribution in [1.82, 2.24) is 10.2 Å². The van der Waals surface area contributed by atoms with E-state index in [0.717, 1.165) is 46.6 Å². The predicted molar refractivity (Wildman–Crippen MR) is 185 cm³/mol. The van der Waals surface area contributed by atoms with Gasteiger partial charge in [-0.25, -0.2) is 4.39 Å². The summed E-state index contributed by atoms with van der Waals surface area (Å²) in [7, 11) is 2.82. The maximum atomic E-state index is 14.7. The number of nitrogens with zero attached hydrogens (tertiary/aromatic N) is 3. The van der Waals surface area contributed by atoms with Crippen LogP contribution < -0.4 is 19.1 Å². The second kappa shape index (κ2) is 14.4. The second-order valence-electron chi connectivity index (χ2n) is 10.9. The second-order valence-corrected chi connectivity index (χ2v) is 13.1. The van der Waals surface area contributed by atoms with E-state index in [0.29, 0.717) is 33.8 Å². The maximum absolute atomic E-state index is 14.7. The van der Waals surface area contributed by atoms with E-state index < -0.39 is 29.3 Å². The zero-order valence-electron chi connectivity index (χ0n) is 26.4. The molecule has 12 heteroatoms. The van der Waals surface area contributed by atoms with Crippen LogP contribution in [0.5, 0.6) is 17.2 Å².